The van der Waals surface area contributed by atoms with Crippen molar-refractivity contribution < 1.29 is 4.39 Å². The monoisotopic (exact) mass is 388 g/mol. The van der Waals surface area contributed by atoms with Crippen molar-refractivity contribution in [3.05, 3.63) is 63.9 Å². The van der Waals surface area contributed by atoms with Crippen LogP contribution < -0.4 is 10.6 Å². The molecule has 0 spiro atoms. The van der Waals surface area contributed by atoms with Crippen LogP contribution in [0.5, 0.6) is 0 Å². The quantitative estimate of drug-likeness (QED) is 0.514. The van der Waals surface area contributed by atoms with E-state index >= 15 is 0 Å². The summed E-state index contributed by atoms with van der Waals surface area (Å²) in [5.74, 6) is 1.03. The minimum Gasteiger partial charge on any atom is -0.362 e. The largest absolute Gasteiger partial charge is 0.362 e. The Balaban J connectivity index is 1.69. The molecule has 7 heteroatoms. The molecule has 0 aliphatic carbocycles. The van der Waals surface area contributed by atoms with E-state index < -0.39 is 0 Å². The lowest BCUT2D eigenvalue weighted by molar-refractivity contribution is 0.617. The van der Waals surface area contributed by atoms with E-state index in [0.29, 0.717) is 33.0 Å². The van der Waals surface area contributed by atoms with Crippen molar-refractivity contribution in [3.8, 4) is 0 Å². The summed E-state index contributed by atoms with van der Waals surface area (Å²) in [6, 6.07) is 12.1. The number of hydrogen-bond donors (Lipinski definition) is 2. The molecule has 0 fully saturated rings. The third-order valence-corrected chi connectivity index (χ3v) is 4.88. The number of rotatable bonds is 6. The Hall–Kier alpha value is -1.01. The minimum atomic E-state index is -0.270. The lowest BCUT2D eigenvalue weighted by Gasteiger charge is -2.11. The van der Waals surface area contributed by atoms with E-state index in [2.05, 4.69) is 10.6 Å². The number of halogens is 3. The van der Waals surface area contributed by atoms with Crippen LogP contribution in [-0.2, 0) is 5.75 Å². The van der Waals surface area contributed by atoms with Crippen LogP contribution in [0, 0.1) is 5.82 Å². The molecule has 0 amide bonds. The first-order valence-electron chi connectivity index (χ1n) is 6.88. The first kappa shape index (κ1) is 18.3. The number of anilines is 1. The number of thiocarbonyl (C=S) groups is 1. The lowest BCUT2D eigenvalue weighted by Crippen LogP contribution is -2.30. The highest BCUT2D eigenvalue weighted by Crippen LogP contribution is 2.23. The van der Waals surface area contributed by atoms with Crippen LogP contribution in [0.25, 0.3) is 0 Å². The Kier molecular flexibility index (Phi) is 7.43. The van der Waals surface area contributed by atoms with Crippen LogP contribution >= 0.6 is 47.2 Å². The highest BCUT2D eigenvalue weighted by molar-refractivity contribution is 7.98. The SMILES string of the molecule is Fc1cccc(Cl)c1CSCCNC(=S)Nc1ccccc1Cl. The molecular formula is C16H15Cl2FN2S2. The molecule has 23 heavy (non-hydrogen) atoms. The van der Waals surface area contributed by atoms with Gasteiger partial charge in [0.05, 0.1) is 10.7 Å². The second-order valence-corrected chi connectivity index (χ2v) is 6.94. The van der Waals surface area contributed by atoms with Gasteiger partial charge >= 0.3 is 0 Å². The Labute approximate surface area is 154 Å². The van der Waals surface area contributed by atoms with Gasteiger partial charge in [-0.2, -0.15) is 11.8 Å². The van der Waals surface area contributed by atoms with Crippen molar-refractivity contribution in [1.29, 1.82) is 0 Å². The van der Waals surface area contributed by atoms with Gasteiger partial charge in [-0.1, -0.05) is 41.4 Å². The van der Waals surface area contributed by atoms with Gasteiger partial charge in [-0.05, 0) is 36.5 Å². The molecule has 0 aliphatic rings. The summed E-state index contributed by atoms with van der Waals surface area (Å²) in [6.07, 6.45) is 0. The van der Waals surface area contributed by atoms with Crippen molar-refractivity contribution in [2.24, 2.45) is 0 Å². The standard InChI is InChI=1S/C16H15Cl2FN2S2/c17-12-5-3-6-14(19)11(12)10-23-9-8-20-16(22)21-15-7-2-1-4-13(15)18/h1-7H,8-10H2,(H2,20,21,22). The van der Waals surface area contributed by atoms with E-state index in [0.717, 1.165) is 11.4 Å². The fraction of sp³-hybridized carbons (Fsp3) is 0.188. The Morgan fingerprint density at radius 3 is 2.57 bits per heavy atom. The maximum Gasteiger partial charge on any atom is 0.170 e. The van der Waals surface area contributed by atoms with Crippen LogP contribution in [0.1, 0.15) is 5.56 Å². The minimum absolute atomic E-state index is 0.270. The summed E-state index contributed by atoms with van der Waals surface area (Å²) in [7, 11) is 0. The molecule has 0 unspecified atom stereocenters. The molecule has 2 aromatic rings. The van der Waals surface area contributed by atoms with E-state index in [9.17, 15) is 4.39 Å². The molecule has 2 N–H and O–H groups in total. The van der Waals surface area contributed by atoms with Gasteiger partial charge in [0.2, 0.25) is 0 Å². The highest BCUT2D eigenvalue weighted by atomic mass is 35.5. The number of thioether (sulfide) groups is 1. The zero-order chi connectivity index (χ0) is 16.7. The molecule has 2 nitrogen and oxygen atoms in total. The molecule has 122 valence electrons. The predicted molar refractivity (Wildman–Crippen MR) is 103 cm³/mol. The van der Waals surface area contributed by atoms with Crippen molar-refractivity contribution in [2.75, 3.05) is 17.6 Å². The summed E-state index contributed by atoms with van der Waals surface area (Å²) < 4.78 is 13.6. The van der Waals surface area contributed by atoms with Crippen molar-refractivity contribution in [1.82, 2.24) is 5.32 Å². The smallest absolute Gasteiger partial charge is 0.170 e. The summed E-state index contributed by atoms with van der Waals surface area (Å²) in [5.41, 5.74) is 1.30. The second-order valence-electron chi connectivity index (χ2n) is 4.61. The first-order chi connectivity index (χ1) is 11.1. The average Bonchev–Trinajstić information content (AvgIpc) is 2.52. The van der Waals surface area contributed by atoms with E-state index in [-0.39, 0.29) is 5.82 Å². The van der Waals surface area contributed by atoms with Gasteiger partial charge < -0.3 is 10.6 Å². The average molecular weight is 389 g/mol. The second kappa shape index (κ2) is 9.33. The third-order valence-electron chi connectivity index (χ3n) is 2.96. The number of hydrogen-bond acceptors (Lipinski definition) is 2. The molecule has 0 aliphatic heterocycles. The molecule has 2 aromatic carbocycles. The van der Waals surface area contributed by atoms with Gasteiger partial charge in [-0.25, -0.2) is 4.39 Å². The summed E-state index contributed by atoms with van der Waals surface area (Å²) in [6.45, 7) is 0.660. The number of nitrogens with one attached hydrogen (secondary N) is 2. The topological polar surface area (TPSA) is 24.1 Å². The van der Waals surface area contributed by atoms with Crippen LogP contribution in [0.4, 0.5) is 10.1 Å². The number of para-hydroxylation sites is 1. The van der Waals surface area contributed by atoms with E-state index in [1.807, 2.05) is 18.2 Å². The molecule has 0 radical (unpaired) electrons. The van der Waals surface area contributed by atoms with Crippen LogP contribution in [0.2, 0.25) is 10.0 Å². The molecule has 0 aromatic heterocycles. The Morgan fingerprint density at radius 2 is 1.83 bits per heavy atom. The van der Waals surface area contributed by atoms with Gasteiger partial charge in [0, 0.05) is 28.6 Å². The molecule has 0 saturated carbocycles. The highest BCUT2D eigenvalue weighted by Gasteiger charge is 2.06. The Bertz CT molecular complexity index is 663. The Morgan fingerprint density at radius 1 is 1.09 bits per heavy atom. The fourth-order valence-electron chi connectivity index (χ4n) is 1.81. The molecule has 0 saturated heterocycles. The van der Waals surface area contributed by atoms with E-state index in [4.69, 9.17) is 35.4 Å². The van der Waals surface area contributed by atoms with E-state index in [1.54, 1.807) is 30.0 Å². The summed E-state index contributed by atoms with van der Waals surface area (Å²) >= 11 is 18.8. The predicted octanol–water partition coefficient (Wildman–Crippen LogP) is 5.35. The number of benzene rings is 2. The van der Waals surface area contributed by atoms with Crippen LogP contribution in [-0.4, -0.2) is 17.4 Å². The summed E-state index contributed by atoms with van der Waals surface area (Å²) in [4.78, 5) is 0. The van der Waals surface area contributed by atoms with Crippen LogP contribution in [0.15, 0.2) is 42.5 Å². The van der Waals surface area contributed by atoms with Gasteiger partial charge in [0.25, 0.3) is 0 Å². The molecule has 0 atom stereocenters. The lowest BCUT2D eigenvalue weighted by atomic mass is 10.2. The zero-order valence-electron chi connectivity index (χ0n) is 12.1. The molecular weight excluding hydrogens is 374 g/mol. The molecule has 0 heterocycles. The van der Waals surface area contributed by atoms with Gasteiger partial charge in [-0.15, -0.1) is 0 Å². The van der Waals surface area contributed by atoms with Crippen molar-refractivity contribution in [2.45, 2.75) is 5.75 Å². The third kappa shape index (κ3) is 5.84. The summed E-state index contributed by atoms with van der Waals surface area (Å²) in [5, 5.41) is 7.70. The van der Waals surface area contributed by atoms with Crippen LogP contribution in [0.3, 0.4) is 0 Å². The first-order valence-corrected chi connectivity index (χ1v) is 9.20. The molecule has 2 rings (SSSR count). The zero-order valence-corrected chi connectivity index (χ0v) is 15.3. The van der Waals surface area contributed by atoms with Gasteiger partial charge in [0.1, 0.15) is 5.82 Å². The fourth-order valence-corrected chi connectivity index (χ4v) is 3.40. The molecule has 0 bridgehead atoms. The van der Waals surface area contributed by atoms with Crippen molar-refractivity contribution >= 4 is 58.0 Å². The van der Waals surface area contributed by atoms with Crippen molar-refractivity contribution in [3.63, 3.8) is 0 Å². The van der Waals surface area contributed by atoms with E-state index in [1.165, 1.54) is 6.07 Å². The normalized spacial score (nSPS) is 10.4. The maximum atomic E-state index is 13.6. The maximum absolute atomic E-state index is 13.6. The van der Waals surface area contributed by atoms with Gasteiger partial charge in [-0.3, -0.25) is 0 Å². The van der Waals surface area contributed by atoms with Gasteiger partial charge in [0.15, 0.2) is 5.11 Å².